The molecule has 27 heavy (non-hydrogen) atoms. The van der Waals surface area contributed by atoms with Crippen LogP contribution in [0.15, 0.2) is 30.0 Å². The Balaban J connectivity index is 1.97. The van der Waals surface area contributed by atoms with Crippen molar-refractivity contribution in [2.45, 2.75) is 30.8 Å². The molecule has 0 amide bonds. The molecule has 1 atom stereocenters. The van der Waals surface area contributed by atoms with Gasteiger partial charge in [0, 0.05) is 26.5 Å². The molecular weight excluding hydrogens is 401 g/mol. The minimum Gasteiger partial charge on any atom is -0.430 e. The summed E-state index contributed by atoms with van der Waals surface area (Å²) in [5.74, 6) is -2.37. The number of rotatable bonds is 4. The van der Waals surface area contributed by atoms with Crippen LogP contribution >= 0.6 is 11.6 Å². The maximum Gasteiger partial charge on any atom is 0.307 e. The van der Waals surface area contributed by atoms with Crippen molar-refractivity contribution in [3.8, 4) is 0 Å². The molecule has 1 saturated heterocycles. The van der Waals surface area contributed by atoms with E-state index >= 15 is 0 Å². The first-order chi connectivity index (χ1) is 12.6. The zero-order valence-corrected chi connectivity index (χ0v) is 16.3. The van der Waals surface area contributed by atoms with E-state index in [0.717, 1.165) is 16.4 Å². The van der Waals surface area contributed by atoms with Crippen molar-refractivity contribution in [2.24, 2.45) is 0 Å². The molecule has 7 nitrogen and oxygen atoms in total. The third-order valence-electron chi connectivity index (χ3n) is 4.46. The summed E-state index contributed by atoms with van der Waals surface area (Å²) in [7, 11) is -2.71. The summed E-state index contributed by atoms with van der Waals surface area (Å²) in [4.78, 5) is 11.5. The molecule has 0 bridgehead atoms. The summed E-state index contributed by atoms with van der Waals surface area (Å²) in [6.45, 7) is 1.92. The van der Waals surface area contributed by atoms with Gasteiger partial charge in [-0.3, -0.25) is 9.10 Å². The molecule has 1 spiro atoms. The normalized spacial score (nSPS) is 21.8. The Kier molecular flexibility index (Phi) is 5.49. The van der Waals surface area contributed by atoms with E-state index in [1.165, 1.54) is 26.1 Å². The van der Waals surface area contributed by atoms with Gasteiger partial charge in [0.25, 0.3) is 0 Å². The van der Waals surface area contributed by atoms with Crippen LogP contribution in [0, 0.1) is 5.82 Å². The zero-order chi connectivity index (χ0) is 19.8. The molecule has 148 valence electrons. The molecule has 1 aromatic rings. The Bertz CT molecular complexity index is 881. The van der Waals surface area contributed by atoms with E-state index in [4.69, 9.17) is 25.8 Å². The van der Waals surface area contributed by atoms with Crippen molar-refractivity contribution in [3.05, 3.63) is 40.9 Å². The zero-order valence-electron chi connectivity index (χ0n) is 14.8. The number of hydrogen-bond acceptors (Lipinski definition) is 6. The molecule has 0 aromatic heterocycles. The summed E-state index contributed by atoms with van der Waals surface area (Å²) in [5, 5.41) is -1.18. The van der Waals surface area contributed by atoms with Crippen molar-refractivity contribution < 1.29 is 31.8 Å². The first-order valence-corrected chi connectivity index (χ1v) is 10.1. The third-order valence-corrected chi connectivity index (χ3v) is 6.91. The average molecular weight is 420 g/mol. The van der Waals surface area contributed by atoms with Gasteiger partial charge in [0.2, 0.25) is 10.0 Å². The molecule has 0 radical (unpaired) electrons. The van der Waals surface area contributed by atoms with E-state index in [1.807, 2.05) is 0 Å². The van der Waals surface area contributed by atoms with Crippen molar-refractivity contribution in [1.29, 1.82) is 0 Å². The van der Waals surface area contributed by atoms with Crippen LogP contribution in [0.4, 0.5) is 10.1 Å². The molecule has 1 heterocycles. The maximum atomic E-state index is 13.3. The van der Waals surface area contributed by atoms with Crippen LogP contribution in [0.2, 0.25) is 5.02 Å². The van der Waals surface area contributed by atoms with Gasteiger partial charge in [-0.2, -0.15) is 0 Å². The van der Waals surface area contributed by atoms with Gasteiger partial charge in [-0.15, -0.1) is 0 Å². The van der Waals surface area contributed by atoms with Gasteiger partial charge in [0.05, 0.1) is 23.9 Å². The molecule has 2 aliphatic rings. The number of esters is 1. The predicted molar refractivity (Wildman–Crippen MR) is 96.2 cm³/mol. The molecule has 10 heteroatoms. The molecule has 3 rings (SSSR count). The largest absolute Gasteiger partial charge is 0.430 e. The topological polar surface area (TPSA) is 82.1 Å². The van der Waals surface area contributed by atoms with Crippen LogP contribution < -0.4 is 4.31 Å². The first kappa shape index (κ1) is 20.1. The van der Waals surface area contributed by atoms with Gasteiger partial charge in [-0.25, -0.2) is 12.8 Å². The smallest absolute Gasteiger partial charge is 0.307 e. The van der Waals surface area contributed by atoms with Gasteiger partial charge in [-0.1, -0.05) is 11.6 Å². The Morgan fingerprint density at radius 1 is 1.37 bits per heavy atom. The van der Waals surface area contributed by atoms with Crippen molar-refractivity contribution >= 4 is 33.3 Å². The highest BCUT2D eigenvalue weighted by atomic mass is 35.5. The van der Waals surface area contributed by atoms with Crippen molar-refractivity contribution in [2.75, 3.05) is 24.6 Å². The lowest BCUT2D eigenvalue weighted by Gasteiger charge is -2.35. The van der Waals surface area contributed by atoms with Crippen LogP contribution in [0.25, 0.3) is 0 Å². The van der Waals surface area contributed by atoms with Gasteiger partial charge < -0.3 is 14.2 Å². The van der Waals surface area contributed by atoms with Crippen LogP contribution in [0.5, 0.6) is 0 Å². The van der Waals surface area contributed by atoms with E-state index in [0.29, 0.717) is 13.2 Å². The fourth-order valence-electron chi connectivity index (χ4n) is 3.18. The summed E-state index contributed by atoms with van der Waals surface area (Å²) < 4.78 is 56.9. The maximum absolute atomic E-state index is 13.3. The SMILES string of the molecule is CC(=O)OC1=CC2(CCC1S(=O)(=O)N(C)c1ccc(F)cc1Cl)OCCO2. The summed E-state index contributed by atoms with van der Waals surface area (Å²) in [5.41, 5.74) is 0.119. The van der Waals surface area contributed by atoms with Crippen LogP contribution in [0.1, 0.15) is 19.8 Å². The van der Waals surface area contributed by atoms with E-state index in [9.17, 15) is 17.6 Å². The number of carbonyl (C=O) groups is 1. The lowest BCUT2D eigenvalue weighted by atomic mass is 9.99. The minimum absolute atomic E-state index is 0.0474. The van der Waals surface area contributed by atoms with Crippen LogP contribution in [-0.2, 0) is 29.0 Å². The molecule has 1 aliphatic carbocycles. The van der Waals surface area contributed by atoms with E-state index < -0.39 is 32.8 Å². The number of hydrogen-bond donors (Lipinski definition) is 0. The first-order valence-electron chi connectivity index (χ1n) is 8.26. The van der Waals surface area contributed by atoms with Gasteiger partial charge in [0.1, 0.15) is 16.8 Å². The lowest BCUT2D eigenvalue weighted by molar-refractivity contribution is -0.142. The number of sulfonamides is 1. The second-order valence-corrected chi connectivity index (χ2v) is 8.84. The molecule has 0 saturated carbocycles. The van der Waals surface area contributed by atoms with Crippen molar-refractivity contribution in [1.82, 2.24) is 0 Å². The lowest BCUT2D eigenvalue weighted by Crippen LogP contribution is -2.44. The highest BCUT2D eigenvalue weighted by Gasteiger charge is 2.46. The third kappa shape index (κ3) is 3.96. The predicted octanol–water partition coefficient (Wildman–Crippen LogP) is 2.60. The fourth-order valence-corrected chi connectivity index (χ4v) is 5.16. The summed E-state index contributed by atoms with van der Waals surface area (Å²) >= 11 is 6.00. The van der Waals surface area contributed by atoms with Gasteiger partial charge >= 0.3 is 5.97 Å². The van der Waals surface area contributed by atoms with Crippen LogP contribution in [-0.4, -0.2) is 45.7 Å². The second kappa shape index (κ2) is 7.38. The molecule has 1 unspecified atom stereocenters. The number of ether oxygens (including phenoxy) is 3. The number of halogens is 2. The molecule has 0 N–H and O–H groups in total. The summed E-state index contributed by atoms with van der Waals surface area (Å²) in [6, 6.07) is 3.42. The average Bonchev–Trinajstić information content (AvgIpc) is 3.01. The summed E-state index contributed by atoms with van der Waals surface area (Å²) in [6.07, 6.45) is 1.81. The van der Waals surface area contributed by atoms with Gasteiger partial charge in [-0.05, 0) is 24.6 Å². The van der Waals surface area contributed by atoms with E-state index in [-0.39, 0.29) is 29.3 Å². The Morgan fingerprint density at radius 3 is 2.63 bits per heavy atom. The molecule has 1 fully saturated rings. The highest BCUT2D eigenvalue weighted by Crippen LogP contribution is 2.39. The highest BCUT2D eigenvalue weighted by molar-refractivity contribution is 7.93. The standard InChI is InChI=1S/C17H19ClFNO6S/c1-11(21)26-15-10-17(24-7-8-25-17)6-5-16(15)27(22,23)20(2)14-4-3-12(19)9-13(14)18/h3-4,9-10,16H,5-8H2,1-2H3. The number of anilines is 1. The minimum atomic E-state index is -4.02. The van der Waals surface area contributed by atoms with E-state index in [2.05, 4.69) is 0 Å². The second-order valence-electron chi connectivity index (χ2n) is 6.28. The molecular formula is C17H19ClFNO6S. The molecule has 1 aliphatic heterocycles. The fraction of sp³-hybridized carbons (Fsp3) is 0.471. The van der Waals surface area contributed by atoms with E-state index in [1.54, 1.807) is 0 Å². The number of carbonyl (C=O) groups excluding carboxylic acids is 1. The Hall–Kier alpha value is -1.68. The van der Waals surface area contributed by atoms with Gasteiger partial charge in [0.15, 0.2) is 5.79 Å². The monoisotopic (exact) mass is 419 g/mol. The Morgan fingerprint density at radius 2 is 2.04 bits per heavy atom. The number of nitrogens with zero attached hydrogens (tertiary/aromatic N) is 1. The van der Waals surface area contributed by atoms with Crippen LogP contribution in [0.3, 0.4) is 0 Å². The Labute approximate surface area is 161 Å². The van der Waals surface area contributed by atoms with Crippen molar-refractivity contribution in [3.63, 3.8) is 0 Å². The molecule has 1 aromatic carbocycles. The number of benzene rings is 1. The quantitative estimate of drug-likeness (QED) is 0.698.